The minimum Gasteiger partial charge on any atom is -0.344 e. The standard InChI is InChI=1S/C21H28BrN3O/c1-23(14-17-5-4-11-24-10-3-2-6-19(17)24)21(26)15-25-12-9-16-7-8-18(22)13-20(16)25/h7-9,12-13,17,19H,2-6,10-11,14-15H2,1H3. The van der Waals surface area contributed by atoms with Gasteiger partial charge in [-0.05, 0) is 68.3 Å². The summed E-state index contributed by atoms with van der Waals surface area (Å²) in [5.74, 6) is 0.837. The Morgan fingerprint density at radius 3 is 2.92 bits per heavy atom. The molecule has 2 aliphatic rings. The quantitative estimate of drug-likeness (QED) is 0.747. The van der Waals surface area contributed by atoms with E-state index in [-0.39, 0.29) is 5.91 Å². The molecule has 1 amide bonds. The van der Waals surface area contributed by atoms with Crippen LogP contribution in [0.4, 0.5) is 0 Å². The molecule has 1 aromatic heterocycles. The van der Waals surface area contributed by atoms with Crippen LogP contribution in [0.3, 0.4) is 0 Å². The van der Waals surface area contributed by atoms with Crippen LogP contribution in [0.25, 0.3) is 10.9 Å². The van der Waals surface area contributed by atoms with Crippen LogP contribution in [0.1, 0.15) is 32.1 Å². The number of hydrogen-bond acceptors (Lipinski definition) is 2. The summed E-state index contributed by atoms with van der Waals surface area (Å²) in [5, 5.41) is 1.17. The van der Waals surface area contributed by atoms with Gasteiger partial charge < -0.3 is 14.4 Å². The second-order valence-corrected chi connectivity index (χ2v) is 8.84. The van der Waals surface area contributed by atoms with E-state index in [1.165, 1.54) is 50.6 Å². The van der Waals surface area contributed by atoms with Crippen molar-refractivity contribution in [3.05, 3.63) is 34.9 Å². The summed E-state index contributed by atoms with van der Waals surface area (Å²) in [5.41, 5.74) is 1.11. The van der Waals surface area contributed by atoms with Gasteiger partial charge in [-0.2, -0.15) is 0 Å². The number of halogens is 1. The third-order valence-corrected chi connectivity index (χ3v) is 6.70. The number of carbonyl (C=O) groups is 1. The van der Waals surface area contributed by atoms with Crippen molar-refractivity contribution in [1.29, 1.82) is 0 Å². The lowest BCUT2D eigenvalue weighted by Gasteiger charge is -2.45. The molecule has 4 nitrogen and oxygen atoms in total. The van der Waals surface area contributed by atoms with Crippen LogP contribution >= 0.6 is 15.9 Å². The van der Waals surface area contributed by atoms with E-state index in [0.29, 0.717) is 18.5 Å². The third kappa shape index (κ3) is 3.70. The Morgan fingerprint density at radius 1 is 1.19 bits per heavy atom. The predicted molar refractivity (Wildman–Crippen MR) is 109 cm³/mol. The molecule has 0 spiro atoms. The molecule has 0 aliphatic carbocycles. The predicted octanol–water partition coefficient (Wildman–Crippen LogP) is 4.13. The maximum Gasteiger partial charge on any atom is 0.242 e. The topological polar surface area (TPSA) is 28.5 Å². The second kappa shape index (κ2) is 7.73. The van der Waals surface area contributed by atoms with Crippen LogP contribution in [0.15, 0.2) is 34.9 Å². The van der Waals surface area contributed by atoms with Crippen molar-refractivity contribution < 1.29 is 4.79 Å². The fourth-order valence-electron chi connectivity index (χ4n) is 4.81. The maximum atomic E-state index is 12.9. The van der Waals surface area contributed by atoms with Gasteiger partial charge in [-0.1, -0.05) is 28.4 Å². The van der Waals surface area contributed by atoms with E-state index in [1.807, 2.05) is 24.2 Å². The van der Waals surface area contributed by atoms with Crippen LogP contribution in [0.2, 0.25) is 0 Å². The SMILES string of the molecule is CN(CC1CCCN2CCCCC12)C(=O)Cn1ccc2ccc(Br)cc21. The molecule has 2 atom stereocenters. The average molecular weight is 418 g/mol. The van der Waals surface area contributed by atoms with Crippen LogP contribution in [-0.2, 0) is 11.3 Å². The van der Waals surface area contributed by atoms with Gasteiger partial charge >= 0.3 is 0 Å². The molecule has 5 heteroatoms. The number of piperidine rings is 2. The molecule has 4 rings (SSSR count). The minimum absolute atomic E-state index is 0.204. The van der Waals surface area contributed by atoms with Crippen molar-refractivity contribution in [2.45, 2.75) is 44.7 Å². The summed E-state index contributed by atoms with van der Waals surface area (Å²) in [4.78, 5) is 17.5. The van der Waals surface area contributed by atoms with Gasteiger partial charge in [0.25, 0.3) is 0 Å². The van der Waals surface area contributed by atoms with E-state index < -0.39 is 0 Å². The van der Waals surface area contributed by atoms with E-state index in [1.54, 1.807) is 0 Å². The summed E-state index contributed by atoms with van der Waals surface area (Å²) in [7, 11) is 1.98. The summed E-state index contributed by atoms with van der Waals surface area (Å²) in [6.07, 6.45) is 8.56. The maximum absolute atomic E-state index is 12.9. The van der Waals surface area contributed by atoms with Crippen molar-refractivity contribution in [2.75, 3.05) is 26.7 Å². The molecule has 2 aliphatic heterocycles. The van der Waals surface area contributed by atoms with Crippen molar-refractivity contribution in [2.24, 2.45) is 5.92 Å². The summed E-state index contributed by atoms with van der Waals surface area (Å²) < 4.78 is 3.11. The molecule has 2 saturated heterocycles. The largest absolute Gasteiger partial charge is 0.344 e. The number of likely N-dealkylation sites (N-methyl/N-ethyl adjacent to an activating group) is 1. The number of benzene rings is 1. The highest BCUT2D eigenvalue weighted by molar-refractivity contribution is 9.10. The Kier molecular flexibility index (Phi) is 5.37. The number of amides is 1. The summed E-state index contributed by atoms with van der Waals surface area (Å²) in [6.45, 7) is 3.81. The Bertz CT molecular complexity index is 785. The van der Waals surface area contributed by atoms with Gasteiger partial charge in [-0.25, -0.2) is 0 Å². The van der Waals surface area contributed by atoms with Crippen molar-refractivity contribution in [3.63, 3.8) is 0 Å². The molecule has 2 aromatic rings. The van der Waals surface area contributed by atoms with Crippen LogP contribution in [-0.4, -0.2) is 53.0 Å². The second-order valence-electron chi connectivity index (χ2n) is 7.92. The lowest BCUT2D eigenvalue weighted by Crippen LogP contribution is -2.51. The smallest absolute Gasteiger partial charge is 0.242 e. The molecular formula is C21H28BrN3O. The highest BCUT2D eigenvalue weighted by Crippen LogP contribution is 2.31. The van der Waals surface area contributed by atoms with Crippen molar-refractivity contribution in [3.8, 4) is 0 Å². The van der Waals surface area contributed by atoms with Gasteiger partial charge in [0.05, 0.1) is 0 Å². The monoisotopic (exact) mass is 417 g/mol. The van der Waals surface area contributed by atoms with Gasteiger partial charge in [0.1, 0.15) is 6.54 Å². The molecule has 1 aromatic carbocycles. The molecule has 2 unspecified atom stereocenters. The first kappa shape index (κ1) is 18.1. The van der Waals surface area contributed by atoms with Crippen LogP contribution in [0.5, 0.6) is 0 Å². The molecule has 2 fully saturated rings. The zero-order valence-electron chi connectivity index (χ0n) is 15.5. The molecule has 140 valence electrons. The van der Waals surface area contributed by atoms with Crippen LogP contribution < -0.4 is 0 Å². The molecule has 0 bridgehead atoms. The zero-order chi connectivity index (χ0) is 18.1. The fraction of sp³-hybridized carbons (Fsp3) is 0.571. The minimum atomic E-state index is 0.204. The van der Waals surface area contributed by atoms with Crippen LogP contribution in [0, 0.1) is 5.92 Å². The molecule has 26 heavy (non-hydrogen) atoms. The Labute approximate surface area is 164 Å². The highest BCUT2D eigenvalue weighted by atomic mass is 79.9. The Hall–Kier alpha value is -1.33. The first-order chi connectivity index (χ1) is 12.6. The Balaban J connectivity index is 1.41. The van der Waals surface area contributed by atoms with E-state index in [4.69, 9.17) is 0 Å². The summed E-state index contributed by atoms with van der Waals surface area (Å²) in [6, 6.07) is 8.99. The lowest BCUT2D eigenvalue weighted by molar-refractivity contribution is -0.131. The summed E-state index contributed by atoms with van der Waals surface area (Å²) >= 11 is 3.53. The zero-order valence-corrected chi connectivity index (χ0v) is 17.1. The number of hydrogen-bond donors (Lipinski definition) is 0. The number of carbonyl (C=O) groups excluding carboxylic acids is 1. The first-order valence-corrected chi connectivity index (χ1v) is 10.6. The normalized spacial score (nSPS) is 23.8. The number of aromatic nitrogens is 1. The van der Waals surface area contributed by atoms with E-state index in [9.17, 15) is 4.79 Å². The van der Waals surface area contributed by atoms with Crippen molar-refractivity contribution >= 4 is 32.7 Å². The van der Waals surface area contributed by atoms with Crippen molar-refractivity contribution in [1.82, 2.24) is 14.4 Å². The Morgan fingerprint density at radius 2 is 2.04 bits per heavy atom. The molecule has 3 heterocycles. The number of nitrogens with zero attached hydrogens (tertiary/aromatic N) is 3. The van der Waals surface area contributed by atoms with Gasteiger partial charge in [-0.3, -0.25) is 4.79 Å². The molecule has 0 radical (unpaired) electrons. The fourth-order valence-corrected chi connectivity index (χ4v) is 5.15. The van der Waals surface area contributed by atoms with Gasteiger partial charge in [0, 0.05) is 35.8 Å². The van der Waals surface area contributed by atoms with E-state index in [0.717, 1.165) is 16.5 Å². The molecule has 0 saturated carbocycles. The highest BCUT2D eigenvalue weighted by Gasteiger charge is 2.34. The third-order valence-electron chi connectivity index (χ3n) is 6.20. The average Bonchev–Trinajstić information content (AvgIpc) is 3.04. The molecule has 0 N–H and O–H groups in total. The lowest BCUT2D eigenvalue weighted by atomic mass is 9.83. The van der Waals surface area contributed by atoms with Gasteiger partial charge in [-0.15, -0.1) is 0 Å². The first-order valence-electron chi connectivity index (χ1n) is 9.84. The van der Waals surface area contributed by atoms with E-state index >= 15 is 0 Å². The van der Waals surface area contributed by atoms with E-state index in [2.05, 4.69) is 43.6 Å². The van der Waals surface area contributed by atoms with Gasteiger partial charge in [0.15, 0.2) is 0 Å². The molecular weight excluding hydrogens is 390 g/mol. The van der Waals surface area contributed by atoms with Gasteiger partial charge in [0.2, 0.25) is 5.91 Å². The number of fused-ring (bicyclic) bond motifs is 2. The number of rotatable bonds is 4.